The van der Waals surface area contributed by atoms with E-state index in [9.17, 15) is 4.79 Å². The highest BCUT2D eigenvalue weighted by molar-refractivity contribution is 5.88. The van der Waals surface area contributed by atoms with E-state index >= 15 is 0 Å². The normalized spacial score (nSPS) is 15.6. The van der Waals surface area contributed by atoms with Crippen molar-refractivity contribution in [1.29, 1.82) is 0 Å². The van der Waals surface area contributed by atoms with Gasteiger partial charge in [0.2, 0.25) is 0 Å². The number of nitrogens with zero attached hydrogens (tertiary/aromatic N) is 3. The summed E-state index contributed by atoms with van der Waals surface area (Å²) in [6.45, 7) is 2.17. The lowest BCUT2D eigenvalue weighted by Gasteiger charge is -2.02. The summed E-state index contributed by atoms with van der Waals surface area (Å²) in [5, 5.41) is 7.84. The van der Waals surface area contributed by atoms with E-state index in [4.69, 9.17) is 4.74 Å². The number of carbonyl (C=O) groups is 1. The molecule has 0 unspecified atom stereocenters. The van der Waals surface area contributed by atoms with Crippen LogP contribution in [0.4, 0.5) is 0 Å². The van der Waals surface area contributed by atoms with Crippen LogP contribution in [0, 0.1) is 0 Å². The van der Waals surface area contributed by atoms with Crippen LogP contribution in [-0.2, 0) is 11.8 Å². The molecule has 0 aromatic carbocycles. The fourth-order valence-electron chi connectivity index (χ4n) is 1.44. The number of hydrogen-bond acceptors (Lipinski definition) is 4. The lowest BCUT2D eigenvalue weighted by atomic mass is 10.2. The summed E-state index contributed by atoms with van der Waals surface area (Å²) in [7, 11) is 1.71. The van der Waals surface area contributed by atoms with Crippen molar-refractivity contribution in [2.24, 2.45) is 7.05 Å². The second-order valence-electron chi connectivity index (χ2n) is 3.44. The first-order chi connectivity index (χ1) is 6.74. The van der Waals surface area contributed by atoms with Gasteiger partial charge in [0.25, 0.3) is 0 Å². The van der Waals surface area contributed by atoms with Gasteiger partial charge in [-0.15, -0.1) is 5.10 Å². The predicted molar refractivity (Wildman–Crippen MR) is 48.9 cm³/mol. The molecule has 1 aliphatic rings. The Hall–Kier alpha value is -1.39. The fourth-order valence-corrected chi connectivity index (χ4v) is 1.44. The summed E-state index contributed by atoms with van der Waals surface area (Å²) in [4.78, 5) is 11.6. The molecule has 5 heteroatoms. The van der Waals surface area contributed by atoms with Gasteiger partial charge in [-0.05, 0) is 19.8 Å². The highest BCUT2D eigenvalue weighted by Crippen LogP contribution is 2.40. The third-order valence-corrected chi connectivity index (χ3v) is 2.29. The summed E-state index contributed by atoms with van der Waals surface area (Å²) < 4.78 is 6.44. The third kappa shape index (κ3) is 1.49. The van der Waals surface area contributed by atoms with E-state index in [-0.39, 0.29) is 5.97 Å². The van der Waals surface area contributed by atoms with E-state index in [1.807, 2.05) is 0 Å². The minimum atomic E-state index is -0.318. The number of aryl methyl sites for hydroxylation is 1. The van der Waals surface area contributed by atoms with Gasteiger partial charge < -0.3 is 4.74 Å². The number of esters is 1. The second-order valence-corrected chi connectivity index (χ2v) is 3.44. The van der Waals surface area contributed by atoms with E-state index in [2.05, 4.69) is 10.3 Å². The van der Waals surface area contributed by atoms with Gasteiger partial charge >= 0.3 is 5.97 Å². The average molecular weight is 195 g/mol. The number of aromatic nitrogens is 3. The molecule has 1 aromatic heterocycles. The monoisotopic (exact) mass is 195 g/mol. The zero-order chi connectivity index (χ0) is 10.1. The van der Waals surface area contributed by atoms with Crippen LogP contribution in [0.25, 0.3) is 0 Å². The first kappa shape index (κ1) is 9.18. The molecule has 76 valence electrons. The van der Waals surface area contributed by atoms with Crippen LogP contribution in [0.1, 0.15) is 41.9 Å². The van der Waals surface area contributed by atoms with Gasteiger partial charge in [0.05, 0.1) is 6.61 Å². The minimum absolute atomic E-state index is 0.318. The molecule has 14 heavy (non-hydrogen) atoms. The molecule has 1 aliphatic carbocycles. The van der Waals surface area contributed by atoms with Crippen molar-refractivity contribution in [3.63, 3.8) is 0 Å². The van der Waals surface area contributed by atoms with Crippen LogP contribution in [0.2, 0.25) is 0 Å². The number of ether oxygens (including phenoxy) is 1. The van der Waals surface area contributed by atoms with E-state index in [0.29, 0.717) is 18.2 Å². The van der Waals surface area contributed by atoms with Crippen molar-refractivity contribution >= 4 is 5.97 Å². The highest BCUT2D eigenvalue weighted by Gasteiger charge is 2.33. The summed E-state index contributed by atoms with van der Waals surface area (Å²) in [6.07, 6.45) is 2.20. The standard InChI is InChI=1S/C9H13N3O2/c1-3-14-9(13)8-7(6-4-5-6)10-11-12(8)2/h6H,3-5H2,1-2H3. The molecule has 0 spiro atoms. The molecule has 0 N–H and O–H groups in total. The maximum atomic E-state index is 11.6. The van der Waals surface area contributed by atoms with Crippen LogP contribution >= 0.6 is 0 Å². The molecule has 1 saturated carbocycles. The summed E-state index contributed by atoms with van der Waals surface area (Å²) in [6, 6.07) is 0. The Kier molecular flexibility index (Phi) is 2.23. The summed E-state index contributed by atoms with van der Waals surface area (Å²) >= 11 is 0. The van der Waals surface area contributed by atoms with Crippen LogP contribution < -0.4 is 0 Å². The van der Waals surface area contributed by atoms with Gasteiger partial charge in [-0.25, -0.2) is 9.48 Å². The summed E-state index contributed by atoms with van der Waals surface area (Å²) in [5.74, 6) is 0.102. The number of rotatable bonds is 3. The van der Waals surface area contributed by atoms with Gasteiger partial charge in [-0.2, -0.15) is 0 Å². The van der Waals surface area contributed by atoms with Crippen LogP contribution in [0.15, 0.2) is 0 Å². The van der Waals surface area contributed by atoms with Gasteiger partial charge in [0.1, 0.15) is 5.69 Å². The number of hydrogen-bond donors (Lipinski definition) is 0. The molecular weight excluding hydrogens is 182 g/mol. The molecule has 2 rings (SSSR count). The molecule has 1 fully saturated rings. The smallest absolute Gasteiger partial charge is 0.358 e. The third-order valence-electron chi connectivity index (χ3n) is 2.29. The molecule has 0 saturated heterocycles. The predicted octanol–water partition coefficient (Wildman–Crippen LogP) is 0.869. The Morgan fingerprint density at radius 1 is 1.64 bits per heavy atom. The Morgan fingerprint density at radius 2 is 2.36 bits per heavy atom. The molecule has 1 aromatic rings. The Balaban J connectivity index is 2.29. The van der Waals surface area contributed by atoms with Crippen LogP contribution in [-0.4, -0.2) is 27.6 Å². The van der Waals surface area contributed by atoms with Crippen molar-refractivity contribution in [3.05, 3.63) is 11.4 Å². The van der Waals surface area contributed by atoms with Crippen LogP contribution in [0.5, 0.6) is 0 Å². The topological polar surface area (TPSA) is 57.0 Å². The summed E-state index contributed by atoms with van der Waals surface area (Å²) in [5.41, 5.74) is 1.31. The zero-order valence-electron chi connectivity index (χ0n) is 8.36. The van der Waals surface area contributed by atoms with Crippen molar-refractivity contribution < 1.29 is 9.53 Å². The lowest BCUT2D eigenvalue weighted by molar-refractivity contribution is 0.0512. The Labute approximate surface area is 82.1 Å². The van der Waals surface area contributed by atoms with Gasteiger partial charge in [0, 0.05) is 13.0 Å². The van der Waals surface area contributed by atoms with Crippen LogP contribution in [0.3, 0.4) is 0 Å². The van der Waals surface area contributed by atoms with Crippen molar-refractivity contribution in [3.8, 4) is 0 Å². The van der Waals surface area contributed by atoms with E-state index in [1.165, 1.54) is 4.68 Å². The van der Waals surface area contributed by atoms with Crippen molar-refractivity contribution in [1.82, 2.24) is 15.0 Å². The maximum Gasteiger partial charge on any atom is 0.358 e. The SMILES string of the molecule is CCOC(=O)c1c(C2CC2)nnn1C. The van der Waals surface area contributed by atoms with Crippen molar-refractivity contribution in [2.45, 2.75) is 25.7 Å². The average Bonchev–Trinajstić information content (AvgIpc) is 2.90. The fraction of sp³-hybridized carbons (Fsp3) is 0.667. The van der Waals surface area contributed by atoms with Gasteiger partial charge in [-0.3, -0.25) is 0 Å². The first-order valence-electron chi connectivity index (χ1n) is 4.80. The number of carbonyl (C=O) groups excluding carboxylic acids is 1. The maximum absolute atomic E-state index is 11.6. The molecule has 5 nitrogen and oxygen atoms in total. The molecule has 0 bridgehead atoms. The van der Waals surface area contributed by atoms with E-state index < -0.39 is 0 Å². The molecule has 0 radical (unpaired) electrons. The zero-order valence-corrected chi connectivity index (χ0v) is 8.36. The second kappa shape index (κ2) is 3.40. The van der Waals surface area contributed by atoms with Gasteiger partial charge in [-0.1, -0.05) is 5.21 Å². The quantitative estimate of drug-likeness (QED) is 0.671. The molecular formula is C9H13N3O2. The van der Waals surface area contributed by atoms with Gasteiger partial charge in [0.15, 0.2) is 5.69 Å². The largest absolute Gasteiger partial charge is 0.461 e. The molecule has 1 heterocycles. The minimum Gasteiger partial charge on any atom is -0.461 e. The van der Waals surface area contributed by atoms with E-state index in [0.717, 1.165) is 18.5 Å². The highest BCUT2D eigenvalue weighted by atomic mass is 16.5. The van der Waals surface area contributed by atoms with E-state index in [1.54, 1.807) is 14.0 Å². The Morgan fingerprint density at radius 3 is 2.93 bits per heavy atom. The molecule has 0 amide bonds. The molecule has 0 aliphatic heterocycles. The Bertz CT molecular complexity index is 355. The first-order valence-corrected chi connectivity index (χ1v) is 4.80. The van der Waals surface area contributed by atoms with Crippen molar-refractivity contribution in [2.75, 3.05) is 6.61 Å². The lowest BCUT2D eigenvalue weighted by Crippen LogP contribution is -2.12. The molecule has 0 atom stereocenters.